The normalized spacial score (nSPS) is 14.2. The smallest absolute Gasteiger partial charge is 0.254 e. The summed E-state index contributed by atoms with van der Waals surface area (Å²) in [6.45, 7) is 3.19. The van der Waals surface area contributed by atoms with Gasteiger partial charge < -0.3 is 24.2 Å². The SMILES string of the molecule is CCOc1cc(/C=N\NC(=O)C2CCN(C(=O)c3cc(OC)cc(OC)c3)CC2)ccc1O. The van der Waals surface area contributed by atoms with Crippen molar-refractivity contribution in [3.63, 3.8) is 0 Å². The molecular weight excluding hydrogens is 426 g/mol. The number of aromatic hydroxyl groups is 1. The summed E-state index contributed by atoms with van der Waals surface area (Å²) in [5.41, 5.74) is 3.73. The Bertz CT molecular complexity index is 993. The van der Waals surface area contributed by atoms with E-state index in [-0.39, 0.29) is 23.5 Å². The number of likely N-dealkylation sites (tertiary alicyclic amines) is 1. The van der Waals surface area contributed by atoms with Gasteiger partial charge in [0.05, 0.1) is 27.0 Å². The molecule has 1 aliphatic rings. The zero-order valence-corrected chi connectivity index (χ0v) is 19.0. The van der Waals surface area contributed by atoms with Gasteiger partial charge in [-0.3, -0.25) is 9.59 Å². The third-order valence-electron chi connectivity index (χ3n) is 5.42. The molecule has 2 N–H and O–H groups in total. The lowest BCUT2D eigenvalue weighted by molar-refractivity contribution is -0.126. The number of carbonyl (C=O) groups excluding carboxylic acids is 2. The summed E-state index contributed by atoms with van der Waals surface area (Å²) >= 11 is 0. The van der Waals surface area contributed by atoms with E-state index in [9.17, 15) is 14.7 Å². The first-order chi connectivity index (χ1) is 15.9. The van der Waals surface area contributed by atoms with Crippen molar-refractivity contribution in [2.45, 2.75) is 19.8 Å². The number of methoxy groups -OCH3 is 2. The highest BCUT2D eigenvalue weighted by Gasteiger charge is 2.28. The van der Waals surface area contributed by atoms with Crippen LogP contribution in [0.15, 0.2) is 41.5 Å². The largest absolute Gasteiger partial charge is 0.504 e. The van der Waals surface area contributed by atoms with E-state index < -0.39 is 0 Å². The molecule has 9 heteroatoms. The van der Waals surface area contributed by atoms with Gasteiger partial charge in [-0.15, -0.1) is 0 Å². The first-order valence-corrected chi connectivity index (χ1v) is 10.8. The molecule has 0 saturated carbocycles. The summed E-state index contributed by atoms with van der Waals surface area (Å²) in [6.07, 6.45) is 2.58. The minimum atomic E-state index is -0.232. The molecule has 2 aromatic rings. The molecule has 0 atom stereocenters. The lowest BCUT2D eigenvalue weighted by atomic mass is 9.95. The van der Waals surface area contributed by atoms with Gasteiger partial charge in [-0.25, -0.2) is 5.43 Å². The topological polar surface area (TPSA) is 110 Å². The number of nitrogens with one attached hydrogen (secondary N) is 1. The molecule has 1 fully saturated rings. The fourth-order valence-corrected chi connectivity index (χ4v) is 3.60. The van der Waals surface area contributed by atoms with Gasteiger partial charge in [0, 0.05) is 30.6 Å². The van der Waals surface area contributed by atoms with Gasteiger partial charge in [-0.1, -0.05) is 0 Å². The van der Waals surface area contributed by atoms with E-state index in [1.807, 2.05) is 6.92 Å². The van der Waals surface area contributed by atoms with E-state index in [1.165, 1.54) is 26.5 Å². The van der Waals surface area contributed by atoms with Gasteiger partial charge in [-0.2, -0.15) is 5.10 Å². The molecule has 176 valence electrons. The van der Waals surface area contributed by atoms with Gasteiger partial charge in [0.15, 0.2) is 11.5 Å². The van der Waals surface area contributed by atoms with Crippen LogP contribution in [0, 0.1) is 5.92 Å². The summed E-state index contributed by atoms with van der Waals surface area (Å²) in [7, 11) is 3.07. The quantitative estimate of drug-likeness (QED) is 0.468. The Balaban J connectivity index is 1.53. The van der Waals surface area contributed by atoms with Crippen LogP contribution >= 0.6 is 0 Å². The van der Waals surface area contributed by atoms with Crippen molar-refractivity contribution >= 4 is 18.0 Å². The van der Waals surface area contributed by atoms with Crippen molar-refractivity contribution in [2.75, 3.05) is 33.9 Å². The minimum absolute atomic E-state index is 0.0479. The first kappa shape index (κ1) is 23.9. The number of phenols is 1. The minimum Gasteiger partial charge on any atom is -0.504 e. The number of carbonyl (C=O) groups is 2. The number of phenolic OH excluding ortho intramolecular Hbond substituents is 1. The third kappa shape index (κ3) is 6.15. The van der Waals surface area contributed by atoms with Gasteiger partial charge in [0.25, 0.3) is 5.91 Å². The fraction of sp³-hybridized carbons (Fsp3) is 0.375. The van der Waals surface area contributed by atoms with Crippen molar-refractivity contribution in [3.05, 3.63) is 47.5 Å². The van der Waals surface area contributed by atoms with Crippen molar-refractivity contribution in [3.8, 4) is 23.0 Å². The fourth-order valence-electron chi connectivity index (χ4n) is 3.60. The molecule has 1 heterocycles. The zero-order valence-electron chi connectivity index (χ0n) is 19.0. The maximum atomic E-state index is 12.9. The van der Waals surface area contributed by atoms with Crippen LogP contribution in [0.3, 0.4) is 0 Å². The number of piperidine rings is 1. The first-order valence-electron chi connectivity index (χ1n) is 10.8. The summed E-state index contributed by atoms with van der Waals surface area (Å²) in [4.78, 5) is 27.1. The van der Waals surface area contributed by atoms with Crippen molar-refractivity contribution in [2.24, 2.45) is 11.0 Å². The summed E-state index contributed by atoms with van der Waals surface area (Å²) < 4.78 is 15.8. The second-order valence-corrected chi connectivity index (χ2v) is 7.56. The standard InChI is InChI=1S/C24H29N3O6/c1-4-33-22-11-16(5-6-21(22)28)15-25-26-23(29)17-7-9-27(10-8-17)24(30)18-12-19(31-2)14-20(13-18)32-3/h5-6,11-15,17,28H,4,7-10H2,1-3H3,(H,26,29)/b25-15-. The van der Waals surface area contributed by atoms with E-state index in [0.29, 0.717) is 60.9 Å². The number of rotatable bonds is 8. The van der Waals surface area contributed by atoms with E-state index >= 15 is 0 Å². The number of hydrazone groups is 1. The molecule has 9 nitrogen and oxygen atoms in total. The average molecular weight is 456 g/mol. The average Bonchev–Trinajstić information content (AvgIpc) is 2.85. The number of benzene rings is 2. The van der Waals surface area contributed by atoms with Crippen LogP contribution in [0.1, 0.15) is 35.7 Å². The highest BCUT2D eigenvalue weighted by Crippen LogP contribution is 2.27. The van der Waals surface area contributed by atoms with E-state index in [1.54, 1.807) is 35.2 Å². The Morgan fingerprint density at radius 1 is 1.12 bits per heavy atom. The second-order valence-electron chi connectivity index (χ2n) is 7.56. The Kier molecular flexibility index (Phi) is 8.12. The van der Waals surface area contributed by atoms with Gasteiger partial charge in [0.2, 0.25) is 5.91 Å². The molecule has 0 bridgehead atoms. The molecule has 0 aromatic heterocycles. The summed E-state index contributed by atoms with van der Waals surface area (Å²) in [5.74, 6) is 0.959. The number of hydrogen-bond acceptors (Lipinski definition) is 7. The van der Waals surface area contributed by atoms with Gasteiger partial charge in [0.1, 0.15) is 11.5 Å². The maximum absolute atomic E-state index is 12.9. The Hall–Kier alpha value is -3.75. The van der Waals surface area contributed by atoms with Crippen molar-refractivity contribution < 1.29 is 28.9 Å². The number of ether oxygens (including phenoxy) is 3. The molecule has 2 amide bonds. The highest BCUT2D eigenvalue weighted by molar-refractivity contribution is 5.95. The molecule has 2 aromatic carbocycles. The molecule has 3 rings (SSSR count). The van der Waals surface area contributed by atoms with Crippen LogP contribution in [-0.2, 0) is 4.79 Å². The van der Waals surface area contributed by atoms with Gasteiger partial charge in [-0.05, 0) is 55.7 Å². The molecule has 0 radical (unpaired) electrons. The lowest BCUT2D eigenvalue weighted by Crippen LogP contribution is -2.42. The van der Waals surface area contributed by atoms with Crippen LogP contribution in [-0.4, -0.2) is 62.0 Å². The molecule has 1 aliphatic heterocycles. The molecular formula is C24H29N3O6. The zero-order chi connectivity index (χ0) is 23.8. The predicted molar refractivity (Wildman–Crippen MR) is 123 cm³/mol. The van der Waals surface area contributed by atoms with Crippen LogP contribution in [0.2, 0.25) is 0 Å². The number of nitrogens with zero attached hydrogens (tertiary/aromatic N) is 2. The molecule has 33 heavy (non-hydrogen) atoms. The number of amides is 2. The highest BCUT2D eigenvalue weighted by atomic mass is 16.5. The molecule has 0 unspecified atom stereocenters. The lowest BCUT2D eigenvalue weighted by Gasteiger charge is -2.31. The van der Waals surface area contributed by atoms with Crippen LogP contribution in [0.25, 0.3) is 0 Å². The maximum Gasteiger partial charge on any atom is 0.254 e. The summed E-state index contributed by atoms with van der Waals surface area (Å²) in [6, 6.07) is 9.90. The Labute approximate surface area is 192 Å². The molecule has 0 spiro atoms. The summed E-state index contributed by atoms with van der Waals surface area (Å²) in [5, 5.41) is 13.8. The predicted octanol–water partition coefficient (Wildman–Crippen LogP) is 2.81. The van der Waals surface area contributed by atoms with Crippen LogP contribution in [0.5, 0.6) is 23.0 Å². The number of hydrogen-bond donors (Lipinski definition) is 2. The Morgan fingerprint density at radius 2 is 1.79 bits per heavy atom. The van der Waals surface area contributed by atoms with E-state index in [0.717, 1.165) is 0 Å². The molecule has 0 aliphatic carbocycles. The van der Waals surface area contributed by atoms with Crippen molar-refractivity contribution in [1.29, 1.82) is 0 Å². The van der Waals surface area contributed by atoms with Crippen LogP contribution < -0.4 is 19.6 Å². The van der Waals surface area contributed by atoms with Crippen molar-refractivity contribution in [1.82, 2.24) is 10.3 Å². The Morgan fingerprint density at radius 3 is 2.39 bits per heavy atom. The third-order valence-corrected chi connectivity index (χ3v) is 5.42. The van der Waals surface area contributed by atoms with E-state index in [2.05, 4.69) is 10.5 Å². The second kappa shape index (κ2) is 11.2. The molecule has 1 saturated heterocycles. The van der Waals surface area contributed by atoms with Crippen LogP contribution in [0.4, 0.5) is 0 Å². The monoisotopic (exact) mass is 455 g/mol. The van der Waals surface area contributed by atoms with Gasteiger partial charge >= 0.3 is 0 Å². The van der Waals surface area contributed by atoms with E-state index in [4.69, 9.17) is 14.2 Å².